The van der Waals surface area contributed by atoms with Crippen LogP contribution < -0.4 is 4.90 Å². The number of rotatable bonds is 6. The van der Waals surface area contributed by atoms with E-state index in [4.69, 9.17) is 5.11 Å². The first-order valence-electron chi connectivity index (χ1n) is 5.96. The van der Waals surface area contributed by atoms with Gasteiger partial charge in [-0.05, 0) is 32.8 Å². The summed E-state index contributed by atoms with van der Waals surface area (Å²) in [6, 6.07) is 1.61. The summed E-state index contributed by atoms with van der Waals surface area (Å²) in [5.41, 5.74) is 0.776. The predicted molar refractivity (Wildman–Crippen MR) is 69.8 cm³/mol. The van der Waals surface area contributed by atoms with Crippen LogP contribution in [0, 0.1) is 17.0 Å². The van der Waals surface area contributed by atoms with Crippen molar-refractivity contribution in [2.75, 3.05) is 18.1 Å². The van der Waals surface area contributed by atoms with Gasteiger partial charge >= 0.3 is 5.69 Å². The zero-order valence-electron chi connectivity index (χ0n) is 11.0. The van der Waals surface area contributed by atoms with Gasteiger partial charge < -0.3 is 10.0 Å². The minimum atomic E-state index is -0.413. The van der Waals surface area contributed by atoms with Gasteiger partial charge in [-0.25, -0.2) is 4.98 Å². The smallest absolute Gasteiger partial charge is 0.311 e. The van der Waals surface area contributed by atoms with Gasteiger partial charge in [0.15, 0.2) is 0 Å². The highest BCUT2D eigenvalue weighted by Crippen LogP contribution is 2.27. The van der Waals surface area contributed by atoms with Crippen LogP contribution in [0.1, 0.15) is 25.8 Å². The summed E-state index contributed by atoms with van der Waals surface area (Å²) in [7, 11) is 0. The molecule has 0 radical (unpaired) electrons. The first-order valence-corrected chi connectivity index (χ1v) is 5.96. The second-order valence-electron chi connectivity index (χ2n) is 4.48. The van der Waals surface area contributed by atoms with E-state index in [1.54, 1.807) is 13.1 Å². The average Bonchev–Trinajstić information content (AvgIpc) is 2.30. The van der Waals surface area contributed by atoms with Gasteiger partial charge in [-0.1, -0.05) is 0 Å². The molecule has 0 aliphatic carbocycles. The van der Waals surface area contributed by atoms with Gasteiger partial charge in [-0.3, -0.25) is 10.1 Å². The molecule has 0 bridgehead atoms. The monoisotopic (exact) mass is 253 g/mol. The molecule has 0 fully saturated rings. The fourth-order valence-corrected chi connectivity index (χ4v) is 1.75. The van der Waals surface area contributed by atoms with E-state index in [9.17, 15) is 10.1 Å². The lowest BCUT2D eigenvalue weighted by atomic mass is 10.2. The lowest BCUT2D eigenvalue weighted by molar-refractivity contribution is -0.384. The van der Waals surface area contributed by atoms with Gasteiger partial charge in [0.1, 0.15) is 0 Å². The summed E-state index contributed by atoms with van der Waals surface area (Å²) < 4.78 is 0. The van der Waals surface area contributed by atoms with Crippen molar-refractivity contribution in [2.24, 2.45) is 0 Å². The molecule has 100 valence electrons. The molecule has 0 saturated carbocycles. The zero-order valence-corrected chi connectivity index (χ0v) is 11.0. The molecule has 0 aromatic carbocycles. The fourth-order valence-electron chi connectivity index (χ4n) is 1.75. The van der Waals surface area contributed by atoms with Crippen LogP contribution in [0.2, 0.25) is 0 Å². The fraction of sp³-hybridized carbons (Fsp3) is 0.583. The van der Waals surface area contributed by atoms with Crippen LogP contribution in [0.25, 0.3) is 0 Å². The van der Waals surface area contributed by atoms with Gasteiger partial charge in [0, 0.05) is 31.5 Å². The molecule has 1 aromatic rings. The molecule has 0 spiro atoms. The van der Waals surface area contributed by atoms with Crippen LogP contribution in [0.3, 0.4) is 0 Å². The lowest BCUT2D eigenvalue weighted by Gasteiger charge is -2.27. The van der Waals surface area contributed by atoms with Gasteiger partial charge in [-0.15, -0.1) is 0 Å². The Hall–Kier alpha value is -1.69. The van der Waals surface area contributed by atoms with E-state index in [-0.39, 0.29) is 18.3 Å². The van der Waals surface area contributed by atoms with Crippen molar-refractivity contribution in [3.05, 3.63) is 27.9 Å². The minimum absolute atomic E-state index is 0.0154. The highest BCUT2D eigenvalue weighted by molar-refractivity contribution is 5.59. The predicted octanol–water partition coefficient (Wildman–Crippen LogP) is 1.90. The van der Waals surface area contributed by atoms with Crippen molar-refractivity contribution in [1.29, 1.82) is 0 Å². The van der Waals surface area contributed by atoms with Crippen molar-refractivity contribution >= 4 is 11.5 Å². The summed E-state index contributed by atoms with van der Waals surface area (Å²) >= 11 is 0. The van der Waals surface area contributed by atoms with Gasteiger partial charge in [-0.2, -0.15) is 0 Å². The highest BCUT2D eigenvalue weighted by Gasteiger charge is 2.22. The third-order valence-electron chi connectivity index (χ3n) is 2.63. The van der Waals surface area contributed by atoms with E-state index in [2.05, 4.69) is 4.98 Å². The standard InChI is InChI=1S/C12H19N3O3/c1-9(2)14(5-4-6-16)12-11(15(17)18)7-10(3)8-13-12/h7-9,16H,4-6H2,1-3H3. The van der Waals surface area contributed by atoms with E-state index in [1.165, 1.54) is 6.07 Å². The Balaban J connectivity index is 3.14. The third kappa shape index (κ3) is 3.40. The number of aliphatic hydroxyl groups excluding tert-OH is 1. The van der Waals surface area contributed by atoms with E-state index in [0.717, 1.165) is 5.56 Å². The Kier molecular flexibility index (Phi) is 5.03. The van der Waals surface area contributed by atoms with Crippen molar-refractivity contribution in [1.82, 2.24) is 4.98 Å². The van der Waals surface area contributed by atoms with Gasteiger partial charge in [0.05, 0.1) is 4.92 Å². The molecule has 0 aliphatic rings. The van der Waals surface area contributed by atoms with E-state index >= 15 is 0 Å². The Morgan fingerprint density at radius 2 is 2.22 bits per heavy atom. The summed E-state index contributed by atoms with van der Waals surface area (Å²) in [5, 5.41) is 19.9. The number of hydrogen-bond acceptors (Lipinski definition) is 5. The Bertz CT molecular complexity index is 421. The van der Waals surface area contributed by atoms with Gasteiger partial charge in [0.25, 0.3) is 0 Å². The molecule has 6 heteroatoms. The van der Waals surface area contributed by atoms with E-state index in [1.807, 2.05) is 18.7 Å². The van der Waals surface area contributed by atoms with Crippen LogP contribution in [-0.2, 0) is 0 Å². The molecule has 1 N–H and O–H groups in total. The Morgan fingerprint density at radius 3 is 2.72 bits per heavy atom. The summed E-state index contributed by atoms with van der Waals surface area (Å²) in [4.78, 5) is 16.7. The van der Waals surface area contributed by atoms with Crippen LogP contribution >= 0.6 is 0 Å². The number of anilines is 1. The maximum absolute atomic E-state index is 11.1. The lowest BCUT2D eigenvalue weighted by Crippen LogP contribution is -2.33. The quantitative estimate of drug-likeness (QED) is 0.618. The number of nitro groups is 1. The zero-order chi connectivity index (χ0) is 13.7. The second-order valence-corrected chi connectivity index (χ2v) is 4.48. The largest absolute Gasteiger partial charge is 0.396 e. The Morgan fingerprint density at radius 1 is 1.56 bits per heavy atom. The molecular weight excluding hydrogens is 234 g/mol. The first-order chi connectivity index (χ1) is 8.47. The topological polar surface area (TPSA) is 79.5 Å². The molecule has 0 aliphatic heterocycles. The molecule has 0 amide bonds. The molecule has 6 nitrogen and oxygen atoms in total. The maximum atomic E-state index is 11.1. The van der Waals surface area contributed by atoms with Crippen LogP contribution in [0.5, 0.6) is 0 Å². The molecule has 1 aromatic heterocycles. The van der Waals surface area contributed by atoms with Crippen molar-refractivity contribution in [3.63, 3.8) is 0 Å². The molecule has 18 heavy (non-hydrogen) atoms. The maximum Gasteiger partial charge on any atom is 0.311 e. The molecular formula is C12H19N3O3. The average molecular weight is 253 g/mol. The van der Waals surface area contributed by atoms with Crippen LogP contribution in [-0.4, -0.2) is 34.2 Å². The normalized spacial score (nSPS) is 10.7. The van der Waals surface area contributed by atoms with E-state index < -0.39 is 4.92 Å². The number of hydrogen-bond donors (Lipinski definition) is 1. The third-order valence-corrected chi connectivity index (χ3v) is 2.63. The minimum Gasteiger partial charge on any atom is -0.396 e. The molecule has 1 rings (SSSR count). The van der Waals surface area contributed by atoms with E-state index in [0.29, 0.717) is 18.8 Å². The molecule has 0 saturated heterocycles. The first kappa shape index (κ1) is 14.4. The molecule has 1 heterocycles. The second kappa shape index (κ2) is 6.30. The number of nitrogens with zero attached hydrogens (tertiary/aromatic N) is 3. The summed E-state index contributed by atoms with van der Waals surface area (Å²) in [6.45, 7) is 6.27. The van der Waals surface area contributed by atoms with Crippen LogP contribution in [0.15, 0.2) is 12.3 Å². The number of aromatic nitrogens is 1. The Labute approximate surface area is 106 Å². The number of aryl methyl sites for hydroxylation is 1. The van der Waals surface area contributed by atoms with Crippen molar-refractivity contribution in [2.45, 2.75) is 33.2 Å². The van der Waals surface area contributed by atoms with Crippen molar-refractivity contribution < 1.29 is 10.0 Å². The SMILES string of the molecule is Cc1cnc(N(CCCO)C(C)C)c([N+](=O)[O-])c1. The summed E-state index contributed by atoms with van der Waals surface area (Å²) in [5.74, 6) is 0.369. The number of pyridine rings is 1. The summed E-state index contributed by atoms with van der Waals surface area (Å²) in [6.07, 6.45) is 2.18. The van der Waals surface area contributed by atoms with Gasteiger partial charge in [0.2, 0.25) is 5.82 Å². The van der Waals surface area contributed by atoms with Crippen LogP contribution in [0.4, 0.5) is 11.5 Å². The molecule has 0 atom stereocenters. The highest BCUT2D eigenvalue weighted by atomic mass is 16.6. The number of aliphatic hydroxyl groups is 1. The molecule has 0 unspecified atom stereocenters. The van der Waals surface area contributed by atoms with Crippen molar-refractivity contribution in [3.8, 4) is 0 Å².